The lowest BCUT2D eigenvalue weighted by Crippen LogP contribution is -2.30. The average molecular weight is 394 g/mol. The number of anilines is 1. The van der Waals surface area contributed by atoms with Crippen LogP contribution in [0.4, 0.5) is 5.69 Å². The molecular formula is C22H22N2O5. The van der Waals surface area contributed by atoms with Crippen molar-refractivity contribution in [3.8, 4) is 0 Å². The number of nitrogens with zero attached hydrogens (tertiary/aromatic N) is 1. The molecule has 1 amide bonds. The zero-order valence-corrected chi connectivity index (χ0v) is 16.3. The number of para-hydroxylation sites is 1. The lowest BCUT2D eigenvalue weighted by Gasteiger charge is -2.24. The number of fused-ring (bicyclic) bond motifs is 1. The van der Waals surface area contributed by atoms with E-state index in [0.717, 1.165) is 12.0 Å². The van der Waals surface area contributed by atoms with Crippen molar-refractivity contribution in [2.24, 2.45) is 0 Å². The lowest BCUT2D eigenvalue weighted by molar-refractivity contribution is 0.0694. The van der Waals surface area contributed by atoms with Gasteiger partial charge < -0.3 is 24.2 Å². The number of rotatable bonds is 6. The van der Waals surface area contributed by atoms with Gasteiger partial charge in [0.2, 0.25) is 0 Å². The standard InChI is InChI=1S/C22H22N2O5/c1-13-9-15-5-3-4-6-19(15)24(13)12-16-7-8-28-20(16)21(25)23-11-17-10-18(22(26)27)14(2)29-17/h3-8,10,13H,9,11-12H2,1-2H3,(H,23,25)(H,26,27). The largest absolute Gasteiger partial charge is 0.478 e. The third kappa shape index (κ3) is 3.63. The third-order valence-electron chi connectivity index (χ3n) is 5.26. The summed E-state index contributed by atoms with van der Waals surface area (Å²) >= 11 is 0. The molecule has 0 bridgehead atoms. The Hall–Kier alpha value is -3.48. The first-order valence-electron chi connectivity index (χ1n) is 9.45. The maximum absolute atomic E-state index is 12.6. The summed E-state index contributed by atoms with van der Waals surface area (Å²) in [6, 6.07) is 11.8. The average Bonchev–Trinajstić information content (AvgIpc) is 3.38. The second-order valence-corrected chi connectivity index (χ2v) is 7.26. The van der Waals surface area contributed by atoms with Crippen molar-refractivity contribution in [3.05, 3.63) is 76.6 Å². The van der Waals surface area contributed by atoms with Crippen molar-refractivity contribution < 1.29 is 23.5 Å². The van der Waals surface area contributed by atoms with Gasteiger partial charge in [-0.2, -0.15) is 0 Å². The van der Waals surface area contributed by atoms with Crippen LogP contribution >= 0.6 is 0 Å². The van der Waals surface area contributed by atoms with E-state index in [1.807, 2.05) is 18.2 Å². The minimum Gasteiger partial charge on any atom is -0.478 e. The minimum atomic E-state index is -1.06. The number of amides is 1. The predicted octanol–water partition coefficient (Wildman–Crippen LogP) is 3.76. The minimum absolute atomic E-state index is 0.0794. The van der Waals surface area contributed by atoms with E-state index in [0.29, 0.717) is 24.1 Å². The van der Waals surface area contributed by atoms with Crippen LogP contribution in [-0.4, -0.2) is 23.0 Å². The van der Waals surface area contributed by atoms with E-state index < -0.39 is 5.97 Å². The van der Waals surface area contributed by atoms with Gasteiger partial charge in [0.1, 0.15) is 17.1 Å². The molecule has 0 fully saturated rings. The van der Waals surface area contributed by atoms with Gasteiger partial charge in [-0.3, -0.25) is 4.79 Å². The summed E-state index contributed by atoms with van der Waals surface area (Å²) in [5.74, 6) is -0.484. The Morgan fingerprint density at radius 1 is 1.28 bits per heavy atom. The highest BCUT2D eigenvalue weighted by Crippen LogP contribution is 2.33. The van der Waals surface area contributed by atoms with E-state index in [2.05, 4.69) is 29.3 Å². The van der Waals surface area contributed by atoms with Crippen LogP contribution in [0.5, 0.6) is 0 Å². The van der Waals surface area contributed by atoms with Gasteiger partial charge in [0.25, 0.3) is 5.91 Å². The number of hydrogen-bond donors (Lipinski definition) is 2. The topological polar surface area (TPSA) is 95.9 Å². The van der Waals surface area contributed by atoms with Crippen molar-refractivity contribution in [1.82, 2.24) is 5.32 Å². The molecule has 1 atom stereocenters. The number of aromatic carboxylic acids is 1. The number of aryl methyl sites for hydroxylation is 1. The van der Waals surface area contributed by atoms with Crippen molar-refractivity contribution >= 4 is 17.6 Å². The Labute approximate surface area is 167 Å². The molecule has 3 aromatic rings. The summed E-state index contributed by atoms with van der Waals surface area (Å²) in [4.78, 5) is 26.0. The molecule has 7 heteroatoms. The van der Waals surface area contributed by atoms with Gasteiger partial charge in [-0.1, -0.05) is 18.2 Å². The number of furan rings is 2. The molecule has 0 saturated carbocycles. The van der Waals surface area contributed by atoms with E-state index >= 15 is 0 Å². The Morgan fingerprint density at radius 3 is 2.83 bits per heavy atom. The molecule has 4 rings (SSSR count). The molecular weight excluding hydrogens is 372 g/mol. The van der Waals surface area contributed by atoms with Gasteiger partial charge in [-0.15, -0.1) is 0 Å². The van der Waals surface area contributed by atoms with E-state index in [1.54, 1.807) is 6.92 Å². The van der Waals surface area contributed by atoms with Gasteiger partial charge in [0.15, 0.2) is 5.76 Å². The Bertz CT molecular complexity index is 1060. The highest BCUT2D eigenvalue weighted by molar-refractivity contribution is 5.93. The molecule has 1 unspecified atom stereocenters. The second-order valence-electron chi connectivity index (χ2n) is 7.26. The molecule has 0 radical (unpaired) electrons. The van der Waals surface area contributed by atoms with Crippen LogP contribution in [0.15, 0.2) is 51.5 Å². The molecule has 7 nitrogen and oxygen atoms in total. The summed E-state index contributed by atoms with van der Waals surface area (Å²) < 4.78 is 10.9. The number of hydrogen-bond acceptors (Lipinski definition) is 5. The second kappa shape index (κ2) is 7.50. The van der Waals surface area contributed by atoms with Crippen LogP contribution in [0.3, 0.4) is 0 Å². The normalized spacial score (nSPS) is 15.4. The van der Waals surface area contributed by atoms with Crippen LogP contribution < -0.4 is 10.2 Å². The smallest absolute Gasteiger partial charge is 0.339 e. The fourth-order valence-electron chi connectivity index (χ4n) is 3.80. The van der Waals surface area contributed by atoms with Crippen LogP contribution in [0.25, 0.3) is 0 Å². The highest BCUT2D eigenvalue weighted by Gasteiger charge is 2.27. The van der Waals surface area contributed by atoms with Crippen molar-refractivity contribution in [3.63, 3.8) is 0 Å². The monoisotopic (exact) mass is 394 g/mol. The van der Waals surface area contributed by atoms with E-state index in [4.69, 9.17) is 13.9 Å². The summed E-state index contributed by atoms with van der Waals surface area (Å²) in [5, 5.41) is 11.8. The first-order chi connectivity index (χ1) is 13.9. The summed E-state index contributed by atoms with van der Waals surface area (Å²) in [6.45, 7) is 4.39. The number of benzene rings is 1. The first kappa shape index (κ1) is 18.9. The summed E-state index contributed by atoms with van der Waals surface area (Å²) in [6.07, 6.45) is 2.48. The molecule has 29 heavy (non-hydrogen) atoms. The zero-order chi connectivity index (χ0) is 20.5. The van der Waals surface area contributed by atoms with Crippen LogP contribution in [0, 0.1) is 6.92 Å². The summed E-state index contributed by atoms with van der Waals surface area (Å²) in [5.41, 5.74) is 3.37. The van der Waals surface area contributed by atoms with Gasteiger partial charge >= 0.3 is 5.97 Å². The number of carboxylic acid groups (broad SMARTS) is 1. The Kier molecular flexibility index (Phi) is 4.88. The van der Waals surface area contributed by atoms with Crippen LogP contribution in [-0.2, 0) is 19.5 Å². The fourth-order valence-corrected chi connectivity index (χ4v) is 3.80. The SMILES string of the molecule is Cc1oc(CNC(=O)c2occc2CN2c3ccccc3CC2C)cc1C(=O)O. The first-order valence-corrected chi connectivity index (χ1v) is 9.45. The molecule has 150 valence electrons. The molecule has 3 heterocycles. The molecule has 0 spiro atoms. The number of carboxylic acids is 1. The maximum Gasteiger partial charge on any atom is 0.339 e. The molecule has 2 aromatic heterocycles. The van der Waals surface area contributed by atoms with Gasteiger partial charge in [0.05, 0.1) is 12.8 Å². The van der Waals surface area contributed by atoms with Crippen LogP contribution in [0.1, 0.15) is 50.5 Å². The van der Waals surface area contributed by atoms with Gasteiger partial charge in [0, 0.05) is 23.8 Å². The third-order valence-corrected chi connectivity index (χ3v) is 5.26. The molecule has 1 aromatic carbocycles. The number of carbonyl (C=O) groups excluding carboxylic acids is 1. The number of carbonyl (C=O) groups is 2. The number of nitrogens with one attached hydrogen (secondary N) is 1. The highest BCUT2D eigenvalue weighted by atomic mass is 16.4. The van der Waals surface area contributed by atoms with E-state index in [9.17, 15) is 9.59 Å². The van der Waals surface area contributed by atoms with Crippen molar-refractivity contribution in [2.75, 3.05) is 4.90 Å². The maximum atomic E-state index is 12.6. The Balaban J connectivity index is 1.46. The van der Waals surface area contributed by atoms with Crippen LogP contribution in [0.2, 0.25) is 0 Å². The zero-order valence-electron chi connectivity index (χ0n) is 16.3. The summed E-state index contributed by atoms with van der Waals surface area (Å²) in [7, 11) is 0. The van der Waals surface area contributed by atoms with Gasteiger partial charge in [-0.25, -0.2) is 4.79 Å². The fraction of sp³-hybridized carbons (Fsp3) is 0.273. The Morgan fingerprint density at radius 2 is 2.07 bits per heavy atom. The lowest BCUT2D eigenvalue weighted by atomic mass is 10.1. The molecule has 0 aliphatic carbocycles. The van der Waals surface area contributed by atoms with E-state index in [-0.39, 0.29) is 23.8 Å². The molecule has 2 N–H and O–H groups in total. The predicted molar refractivity (Wildman–Crippen MR) is 106 cm³/mol. The van der Waals surface area contributed by atoms with Crippen molar-refractivity contribution in [1.29, 1.82) is 0 Å². The van der Waals surface area contributed by atoms with E-state index in [1.165, 1.54) is 23.6 Å². The van der Waals surface area contributed by atoms with Crippen molar-refractivity contribution in [2.45, 2.75) is 39.4 Å². The quantitative estimate of drug-likeness (QED) is 0.661. The molecule has 1 aliphatic heterocycles. The molecule has 0 saturated heterocycles. The molecule has 1 aliphatic rings. The van der Waals surface area contributed by atoms with Gasteiger partial charge in [-0.05, 0) is 44.0 Å².